The second kappa shape index (κ2) is 3.25. The summed E-state index contributed by atoms with van der Waals surface area (Å²) in [6, 6.07) is 0. The van der Waals surface area contributed by atoms with Crippen molar-refractivity contribution < 1.29 is 5.11 Å². The third-order valence-electron chi connectivity index (χ3n) is 4.14. The third kappa shape index (κ3) is 1.62. The van der Waals surface area contributed by atoms with Crippen molar-refractivity contribution in [1.82, 2.24) is 5.32 Å². The number of aliphatic hydroxyl groups is 1. The number of aliphatic hydroxyl groups excluding tert-OH is 1. The molecule has 2 heteroatoms. The van der Waals surface area contributed by atoms with Crippen LogP contribution in [0.1, 0.15) is 39.0 Å². The normalized spacial score (nSPS) is 50.5. The van der Waals surface area contributed by atoms with Crippen LogP contribution in [-0.4, -0.2) is 23.8 Å². The standard InChI is InChI=1S/C11H21NO/c1-11(12-2)6-8-4-3-5-9(7-11)10(8)13/h8-10,12-13H,3-7H2,1-2H3. The summed E-state index contributed by atoms with van der Waals surface area (Å²) >= 11 is 0. The van der Waals surface area contributed by atoms with Gasteiger partial charge in [0.2, 0.25) is 0 Å². The molecule has 2 N–H and O–H groups in total. The van der Waals surface area contributed by atoms with E-state index in [2.05, 4.69) is 12.2 Å². The minimum Gasteiger partial charge on any atom is -0.393 e. The van der Waals surface area contributed by atoms with Crippen LogP contribution in [0.5, 0.6) is 0 Å². The van der Waals surface area contributed by atoms with Crippen molar-refractivity contribution in [3.8, 4) is 0 Å². The topological polar surface area (TPSA) is 32.3 Å². The van der Waals surface area contributed by atoms with Crippen LogP contribution in [0.2, 0.25) is 0 Å². The highest BCUT2D eigenvalue weighted by Crippen LogP contribution is 2.44. The molecule has 0 saturated heterocycles. The van der Waals surface area contributed by atoms with Crippen LogP contribution in [0.15, 0.2) is 0 Å². The molecule has 76 valence electrons. The molecule has 2 aliphatic carbocycles. The molecule has 13 heavy (non-hydrogen) atoms. The van der Waals surface area contributed by atoms with Gasteiger partial charge in [0, 0.05) is 5.54 Å². The number of hydrogen-bond donors (Lipinski definition) is 2. The van der Waals surface area contributed by atoms with E-state index in [1.54, 1.807) is 0 Å². The Morgan fingerprint density at radius 3 is 2.23 bits per heavy atom. The number of fused-ring (bicyclic) bond motifs is 2. The zero-order valence-electron chi connectivity index (χ0n) is 8.71. The molecule has 0 aromatic rings. The van der Waals surface area contributed by atoms with E-state index in [1.807, 2.05) is 7.05 Å². The molecule has 2 nitrogen and oxygen atoms in total. The van der Waals surface area contributed by atoms with E-state index in [0.717, 1.165) is 12.8 Å². The molecule has 2 saturated carbocycles. The maximum atomic E-state index is 9.99. The van der Waals surface area contributed by atoms with Crippen molar-refractivity contribution >= 4 is 0 Å². The highest BCUT2D eigenvalue weighted by atomic mass is 16.3. The lowest BCUT2D eigenvalue weighted by molar-refractivity contribution is -0.0445. The fourth-order valence-electron chi connectivity index (χ4n) is 3.26. The highest BCUT2D eigenvalue weighted by molar-refractivity contribution is 4.98. The molecule has 2 unspecified atom stereocenters. The first-order chi connectivity index (χ1) is 6.14. The molecule has 0 radical (unpaired) electrons. The molecule has 2 fully saturated rings. The first-order valence-corrected chi connectivity index (χ1v) is 5.51. The monoisotopic (exact) mass is 183 g/mol. The highest BCUT2D eigenvalue weighted by Gasteiger charge is 2.43. The maximum absolute atomic E-state index is 9.99. The summed E-state index contributed by atoms with van der Waals surface area (Å²) in [5.41, 5.74) is 0.287. The Balaban J connectivity index is 2.11. The summed E-state index contributed by atoms with van der Waals surface area (Å²) in [6.45, 7) is 2.30. The van der Waals surface area contributed by atoms with Crippen molar-refractivity contribution in [2.24, 2.45) is 11.8 Å². The van der Waals surface area contributed by atoms with Gasteiger partial charge in [0.15, 0.2) is 0 Å². The van der Waals surface area contributed by atoms with Gasteiger partial charge >= 0.3 is 0 Å². The summed E-state index contributed by atoms with van der Waals surface area (Å²) in [7, 11) is 2.05. The predicted octanol–water partition coefficient (Wildman–Crippen LogP) is 1.54. The SMILES string of the molecule is CNC1(C)CC2CCCC(C1)C2O. The van der Waals surface area contributed by atoms with Crippen LogP contribution in [0.4, 0.5) is 0 Å². The molecule has 0 amide bonds. The van der Waals surface area contributed by atoms with Gasteiger partial charge in [-0.25, -0.2) is 0 Å². The minimum absolute atomic E-state index is 0.00447. The van der Waals surface area contributed by atoms with Crippen molar-refractivity contribution in [3.63, 3.8) is 0 Å². The average Bonchev–Trinajstić information content (AvgIpc) is 2.08. The molecule has 0 aliphatic heterocycles. The van der Waals surface area contributed by atoms with E-state index < -0.39 is 0 Å². The molecular weight excluding hydrogens is 162 g/mol. The van der Waals surface area contributed by atoms with Gasteiger partial charge in [-0.15, -0.1) is 0 Å². The molecule has 2 bridgehead atoms. The Morgan fingerprint density at radius 2 is 1.77 bits per heavy atom. The molecule has 0 aromatic carbocycles. The Bertz CT molecular complexity index is 179. The lowest BCUT2D eigenvalue weighted by Gasteiger charge is -2.48. The van der Waals surface area contributed by atoms with Gasteiger partial charge in [-0.3, -0.25) is 0 Å². The minimum atomic E-state index is -0.00447. The maximum Gasteiger partial charge on any atom is 0.0597 e. The van der Waals surface area contributed by atoms with Crippen LogP contribution in [-0.2, 0) is 0 Å². The van der Waals surface area contributed by atoms with E-state index in [1.165, 1.54) is 19.3 Å². The molecule has 2 rings (SSSR count). The second-order valence-electron chi connectivity index (χ2n) is 5.16. The van der Waals surface area contributed by atoms with Gasteiger partial charge < -0.3 is 10.4 Å². The summed E-state index contributed by atoms with van der Waals surface area (Å²) in [5.74, 6) is 1.12. The summed E-state index contributed by atoms with van der Waals surface area (Å²) in [5, 5.41) is 13.4. The van der Waals surface area contributed by atoms with Crippen LogP contribution >= 0.6 is 0 Å². The van der Waals surface area contributed by atoms with Gasteiger partial charge in [-0.05, 0) is 51.5 Å². The first kappa shape index (κ1) is 9.47. The van der Waals surface area contributed by atoms with Crippen molar-refractivity contribution in [1.29, 1.82) is 0 Å². The van der Waals surface area contributed by atoms with E-state index in [-0.39, 0.29) is 11.6 Å². The number of hydrogen-bond acceptors (Lipinski definition) is 2. The number of nitrogens with one attached hydrogen (secondary N) is 1. The third-order valence-corrected chi connectivity index (χ3v) is 4.14. The second-order valence-corrected chi connectivity index (χ2v) is 5.16. The molecule has 0 aromatic heterocycles. The smallest absolute Gasteiger partial charge is 0.0597 e. The van der Waals surface area contributed by atoms with E-state index >= 15 is 0 Å². The van der Waals surface area contributed by atoms with Crippen LogP contribution in [0.25, 0.3) is 0 Å². The van der Waals surface area contributed by atoms with Crippen LogP contribution in [0.3, 0.4) is 0 Å². The fourth-order valence-corrected chi connectivity index (χ4v) is 3.26. The molecular formula is C11H21NO. The summed E-state index contributed by atoms with van der Waals surface area (Å²) in [6.07, 6.45) is 6.09. The first-order valence-electron chi connectivity index (χ1n) is 5.51. The van der Waals surface area contributed by atoms with E-state index in [0.29, 0.717) is 11.8 Å². The van der Waals surface area contributed by atoms with E-state index in [4.69, 9.17) is 0 Å². The Hall–Kier alpha value is -0.0800. The Labute approximate surface area is 80.7 Å². The largest absolute Gasteiger partial charge is 0.393 e. The van der Waals surface area contributed by atoms with E-state index in [9.17, 15) is 5.11 Å². The van der Waals surface area contributed by atoms with Crippen molar-refractivity contribution in [3.05, 3.63) is 0 Å². The molecule has 2 aliphatic rings. The lowest BCUT2D eigenvalue weighted by Crippen LogP contribution is -2.53. The summed E-state index contributed by atoms with van der Waals surface area (Å²) < 4.78 is 0. The molecule has 2 atom stereocenters. The zero-order valence-corrected chi connectivity index (χ0v) is 8.71. The van der Waals surface area contributed by atoms with Crippen molar-refractivity contribution in [2.45, 2.75) is 50.7 Å². The van der Waals surface area contributed by atoms with Gasteiger partial charge in [-0.2, -0.15) is 0 Å². The van der Waals surface area contributed by atoms with Gasteiger partial charge in [0.05, 0.1) is 6.10 Å². The average molecular weight is 183 g/mol. The van der Waals surface area contributed by atoms with Crippen LogP contribution < -0.4 is 5.32 Å². The van der Waals surface area contributed by atoms with Gasteiger partial charge in [0.1, 0.15) is 0 Å². The van der Waals surface area contributed by atoms with Gasteiger partial charge in [-0.1, -0.05) is 6.42 Å². The Kier molecular flexibility index (Phi) is 2.37. The lowest BCUT2D eigenvalue weighted by atomic mass is 9.63. The fraction of sp³-hybridized carbons (Fsp3) is 1.00. The van der Waals surface area contributed by atoms with Crippen molar-refractivity contribution in [2.75, 3.05) is 7.05 Å². The Morgan fingerprint density at radius 1 is 1.23 bits per heavy atom. The van der Waals surface area contributed by atoms with Gasteiger partial charge in [0.25, 0.3) is 0 Å². The van der Waals surface area contributed by atoms with Crippen LogP contribution in [0, 0.1) is 11.8 Å². The zero-order chi connectivity index (χ0) is 9.47. The quantitative estimate of drug-likeness (QED) is 0.646. The number of rotatable bonds is 1. The summed E-state index contributed by atoms with van der Waals surface area (Å²) in [4.78, 5) is 0. The molecule has 0 spiro atoms. The predicted molar refractivity (Wildman–Crippen MR) is 53.5 cm³/mol. The molecule has 0 heterocycles.